The molecule has 21 heavy (non-hydrogen) atoms. The first-order valence-electron chi connectivity index (χ1n) is 7.98. The van der Waals surface area contributed by atoms with Crippen LogP contribution < -0.4 is 5.73 Å². The van der Waals surface area contributed by atoms with E-state index in [9.17, 15) is 4.79 Å². The molecule has 0 aromatic heterocycles. The van der Waals surface area contributed by atoms with Gasteiger partial charge in [0.15, 0.2) is 0 Å². The topological polar surface area (TPSA) is 52.3 Å². The van der Waals surface area contributed by atoms with E-state index in [1.165, 1.54) is 12.7 Å². The molecule has 2 rings (SSSR count). The van der Waals surface area contributed by atoms with Crippen molar-refractivity contribution in [2.45, 2.75) is 57.4 Å². The van der Waals surface area contributed by atoms with Crippen molar-refractivity contribution in [3.05, 3.63) is 35.9 Å². The summed E-state index contributed by atoms with van der Waals surface area (Å²) in [5.41, 5.74) is 7.70. The third-order valence-electron chi connectivity index (χ3n) is 5.20. The molecule has 0 radical (unpaired) electrons. The first-order chi connectivity index (χ1) is 10.1. The third-order valence-corrected chi connectivity index (χ3v) is 5.20. The Morgan fingerprint density at radius 2 is 1.95 bits per heavy atom. The van der Waals surface area contributed by atoms with Crippen molar-refractivity contribution in [3.8, 4) is 0 Å². The molecule has 1 unspecified atom stereocenters. The SMILES string of the molecule is CCC(N)C1(CC(=O)OC)CCC(c2ccccc2)CC1. The van der Waals surface area contributed by atoms with Gasteiger partial charge >= 0.3 is 5.97 Å². The molecular formula is C18H27NO2. The fraction of sp³-hybridized carbons (Fsp3) is 0.611. The first-order valence-corrected chi connectivity index (χ1v) is 7.98. The molecule has 3 nitrogen and oxygen atoms in total. The highest BCUT2D eigenvalue weighted by Gasteiger charge is 2.41. The van der Waals surface area contributed by atoms with E-state index in [1.807, 2.05) is 0 Å². The first kappa shape index (κ1) is 16.0. The van der Waals surface area contributed by atoms with E-state index in [2.05, 4.69) is 37.3 Å². The molecule has 1 saturated carbocycles. The number of methoxy groups -OCH3 is 1. The third kappa shape index (κ3) is 3.65. The summed E-state index contributed by atoms with van der Waals surface area (Å²) in [6.45, 7) is 2.10. The van der Waals surface area contributed by atoms with Gasteiger partial charge in [0.05, 0.1) is 13.5 Å². The summed E-state index contributed by atoms with van der Waals surface area (Å²) in [7, 11) is 1.46. The number of hydrogen-bond donors (Lipinski definition) is 1. The van der Waals surface area contributed by atoms with E-state index in [1.54, 1.807) is 0 Å². The van der Waals surface area contributed by atoms with Crippen molar-refractivity contribution in [1.29, 1.82) is 0 Å². The summed E-state index contributed by atoms with van der Waals surface area (Å²) >= 11 is 0. The van der Waals surface area contributed by atoms with Gasteiger partial charge in [-0.05, 0) is 49.0 Å². The minimum absolute atomic E-state index is 0.0763. The van der Waals surface area contributed by atoms with Crippen molar-refractivity contribution < 1.29 is 9.53 Å². The van der Waals surface area contributed by atoms with E-state index >= 15 is 0 Å². The maximum atomic E-state index is 11.8. The van der Waals surface area contributed by atoms with Gasteiger partial charge in [-0.2, -0.15) is 0 Å². The number of nitrogens with two attached hydrogens (primary N) is 1. The zero-order valence-electron chi connectivity index (χ0n) is 13.2. The lowest BCUT2D eigenvalue weighted by molar-refractivity contribution is -0.144. The molecule has 1 aromatic rings. The highest BCUT2D eigenvalue weighted by Crippen LogP contribution is 2.47. The van der Waals surface area contributed by atoms with Crippen LogP contribution in [0.25, 0.3) is 0 Å². The number of hydrogen-bond acceptors (Lipinski definition) is 3. The van der Waals surface area contributed by atoms with Crippen LogP contribution in [0.1, 0.15) is 56.9 Å². The van der Waals surface area contributed by atoms with Crippen LogP contribution in [0.3, 0.4) is 0 Å². The molecule has 1 aliphatic rings. The lowest BCUT2D eigenvalue weighted by atomic mass is 9.63. The number of benzene rings is 1. The number of carbonyl (C=O) groups is 1. The fourth-order valence-electron chi connectivity index (χ4n) is 3.72. The van der Waals surface area contributed by atoms with Gasteiger partial charge in [-0.3, -0.25) is 4.79 Å². The smallest absolute Gasteiger partial charge is 0.306 e. The number of ether oxygens (including phenoxy) is 1. The van der Waals surface area contributed by atoms with Gasteiger partial charge in [-0.15, -0.1) is 0 Å². The van der Waals surface area contributed by atoms with Gasteiger partial charge in [0, 0.05) is 6.04 Å². The summed E-state index contributed by atoms with van der Waals surface area (Å²) in [6, 6.07) is 10.7. The Bertz CT molecular complexity index is 450. The van der Waals surface area contributed by atoms with Crippen molar-refractivity contribution in [2.75, 3.05) is 7.11 Å². The van der Waals surface area contributed by atoms with E-state index < -0.39 is 0 Å². The Labute approximate surface area is 127 Å². The van der Waals surface area contributed by atoms with Crippen LogP contribution in [0, 0.1) is 5.41 Å². The Kier molecular flexibility index (Phi) is 5.40. The van der Waals surface area contributed by atoms with Crippen molar-refractivity contribution in [1.82, 2.24) is 0 Å². The molecular weight excluding hydrogens is 262 g/mol. The minimum atomic E-state index is -0.128. The second-order valence-corrected chi connectivity index (χ2v) is 6.31. The maximum absolute atomic E-state index is 11.8. The fourth-order valence-corrected chi connectivity index (χ4v) is 3.72. The zero-order chi connectivity index (χ0) is 15.3. The lowest BCUT2D eigenvalue weighted by Gasteiger charge is -2.43. The second-order valence-electron chi connectivity index (χ2n) is 6.31. The maximum Gasteiger partial charge on any atom is 0.306 e. The summed E-state index contributed by atoms with van der Waals surface area (Å²) in [4.78, 5) is 11.8. The normalized spacial score (nSPS) is 27.1. The van der Waals surface area contributed by atoms with Gasteiger partial charge < -0.3 is 10.5 Å². The van der Waals surface area contributed by atoms with Crippen molar-refractivity contribution in [3.63, 3.8) is 0 Å². The molecule has 0 heterocycles. The molecule has 1 aromatic carbocycles. The summed E-state index contributed by atoms with van der Waals surface area (Å²) in [5.74, 6) is 0.470. The van der Waals surface area contributed by atoms with Crippen LogP contribution in [-0.2, 0) is 9.53 Å². The van der Waals surface area contributed by atoms with Gasteiger partial charge in [-0.25, -0.2) is 0 Å². The van der Waals surface area contributed by atoms with E-state index in [-0.39, 0.29) is 17.4 Å². The number of rotatable bonds is 5. The van der Waals surface area contributed by atoms with Crippen LogP contribution in [0.15, 0.2) is 30.3 Å². The average molecular weight is 289 g/mol. The molecule has 0 aliphatic heterocycles. The molecule has 0 amide bonds. The van der Waals surface area contributed by atoms with E-state index in [4.69, 9.17) is 10.5 Å². The Morgan fingerprint density at radius 1 is 1.33 bits per heavy atom. The van der Waals surface area contributed by atoms with Crippen LogP contribution in [0.4, 0.5) is 0 Å². The van der Waals surface area contributed by atoms with E-state index in [0.29, 0.717) is 12.3 Å². The van der Waals surface area contributed by atoms with Gasteiger partial charge in [0.1, 0.15) is 0 Å². The Morgan fingerprint density at radius 3 is 2.48 bits per heavy atom. The molecule has 3 heteroatoms. The van der Waals surface area contributed by atoms with Crippen LogP contribution in [0.2, 0.25) is 0 Å². The monoisotopic (exact) mass is 289 g/mol. The van der Waals surface area contributed by atoms with Crippen LogP contribution in [0.5, 0.6) is 0 Å². The summed E-state index contributed by atoms with van der Waals surface area (Å²) < 4.78 is 4.89. The standard InChI is InChI=1S/C18H27NO2/c1-3-16(19)18(13-17(20)21-2)11-9-15(10-12-18)14-7-5-4-6-8-14/h4-8,15-16H,3,9-13,19H2,1-2H3. The summed E-state index contributed by atoms with van der Waals surface area (Å²) in [5, 5.41) is 0. The predicted molar refractivity (Wildman–Crippen MR) is 85.0 cm³/mol. The minimum Gasteiger partial charge on any atom is -0.469 e. The molecule has 2 N–H and O–H groups in total. The number of carbonyl (C=O) groups excluding carboxylic acids is 1. The zero-order valence-corrected chi connectivity index (χ0v) is 13.2. The van der Waals surface area contributed by atoms with Gasteiger partial charge in [-0.1, -0.05) is 37.3 Å². The number of esters is 1. The highest BCUT2D eigenvalue weighted by atomic mass is 16.5. The molecule has 1 fully saturated rings. The average Bonchev–Trinajstić information content (AvgIpc) is 2.55. The Hall–Kier alpha value is -1.35. The lowest BCUT2D eigenvalue weighted by Crippen LogP contribution is -2.45. The van der Waals surface area contributed by atoms with Crippen molar-refractivity contribution in [2.24, 2.45) is 11.1 Å². The molecule has 116 valence electrons. The molecule has 1 atom stereocenters. The Balaban J connectivity index is 2.08. The largest absolute Gasteiger partial charge is 0.469 e. The summed E-state index contributed by atoms with van der Waals surface area (Å²) in [6.07, 6.45) is 5.60. The predicted octanol–water partition coefficient (Wildman–Crippen LogP) is 3.63. The van der Waals surface area contributed by atoms with Crippen LogP contribution >= 0.6 is 0 Å². The quantitative estimate of drug-likeness (QED) is 0.842. The van der Waals surface area contributed by atoms with E-state index in [0.717, 1.165) is 32.1 Å². The van der Waals surface area contributed by atoms with Crippen LogP contribution in [-0.4, -0.2) is 19.1 Å². The molecule has 0 bridgehead atoms. The van der Waals surface area contributed by atoms with Crippen molar-refractivity contribution >= 4 is 5.97 Å². The second kappa shape index (κ2) is 7.08. The highest BCUT2D eigenvalue weighted by molar-refractivity contribution is 5.70. The molecule has 0 saturated heterocycles. The van der Waals surface area contributed by atoms with Gasteiger partial charge in [0.2, 0.25) is 0 Å². The van der Waals surface area contributed by atoms with Gasteiger partial charge in [0.25, 0.3) is 0 Å². The molecule has 0 spiro atoms. The molecule has 1 aliphatic carbocycles.